The molecule has 0 aliphatic rings. The normalized spacial score (nSPS) is 10.7. The lowest BCUT2D eigenvalue weighted by atomic mass is 10.2. The number of aromatic nitrogens is 2. The Hall–Kier alpha value is -2.53. The summed E-state index contributed by atoms with van der Waals surface area (Å²) in [4.78, 5) is 16.7. The lowest BCUT2D eigenvalue weighted by molar-refractivity contribution is -0.115. The molecule has 3 rings (SSSR count). The summed E-state index contributed by atoms with van der Waals surface area (Å²) in [5.41, 5.74) is 2.99. The first-order valence-corrected chi connectivity index (χ1v) is 7.51. The van der Waals surface area contributed by atoms with Crippen LogP contribution in [0, 0.1) is 6.92 Å². The van der Waals surface area contributed by atoms with E-state index in [9.17, 15) is 4.79 Å². The molecule has 0 radical (unpaired) electrons. The van der Waals surface area contributed by atoms with Crippen molar-refractivity contribution in [3.05, 3.63) is 59.0 Å². The lowest BCUT2D eigenvalue weighted by Crippen LogP contribution is -2.15. The van der Waals surface area contributed by atoms with Crippen molar-refractivity contribution in [2.24, 2.45) is 0 Å². The fraction of sp³-hybridized carbons (Fsp3) is 0.176. The van der Waals surface area contributed by atoms with Crippen LogP contribution < -0.4 is 10.1 Å². The number of nitrogens with zero attached hydrogens (tertiary/aromatic N) is 2. The van der Waals surface area contributed by atoms with Gasteiger partial charge in [0.2, 0.25) is 5.91 Å². The molecule has 0 bridgehead atoms. The summed E-state index contributed by atoms with van der Waals surface area (Å²) in [7, 11) is 1.54. The van der Waals surface area contributed by atoms with Crippen LogP contribution in [0.1, 0.15) is 11.3 Å². The number of carbonyl (C=O) groups is 1. The Morgan fingerprint density at radius 3 is 2.96 bits per heavy atom. The van der Waals surface area contributed by atoms with Gasteiger partial charge >= 0.3 is 0 Å². The number of fused-ring (bicyclic) bond motifs is 1. The molecule has 2 aromatic heterocycles. The number of nitrogens with one attached hydrogen (secondary N) is 1. The van der Waals surface area contributed by atoms with E-state index >= 15 is 0 Å². The van der Waals surface area contributed by atoms with Crippen molar-refractivity contribution in [3.8, 4) is 5.75 Å². The number of methoxy groups -OCH3 is 1. The third-order valence-electron chi connectivity index (χ3n) is 3.51. The molecule has 1 aromatic carbocycles. The molecule has 0 fully saturated rings. The van der Waals surface area contributed by atoms with E-state index in [2.05, 4.69) is 10.3 Å². The van der Waals surface area contributed by atoms with Crippen LogP contribution in [-0.2, 0) is 11.2 Å². The van der Waals surface area contributed by atoms with E-state index in [4.69, 9.17) is 16.3 Å². The van der Waals surface area contributed by atoms with E-state index in [0.29, 0.717) is 22.2 Å². The summed E-state index contributed by atoms with van der Waals surface area (Å²) >= 11 is 6.07. The van der Waals surface area contributed by atoms with Crippen LogP contribution in [0.4, 0.5) is 5.69 Å². The first-order chi connectivity index (χ1) is 11.1. The van der Waals surface area contributed by atoms with Crippen molar-refractivity contribution in [1.29, 1.82) is 0 Å². The molecule has 118 valence electrons. The van der Waals surface area contributed by atoms with E-state index < -0.39 is 0 Å². The van der Waals surface area contributed by atoms with Gasteiger partial charge in [-0.15, -0.1) is 0 Å². The summed E-state index contributed by atoms with van der Waals surface area (Å²) in [6.07, 6.45) is 3.93. The fourth-order valence-corrected chi connectivity index (χ4v) is 2.51. The summed E-state index contributed by atoms with van der Waals surface area (Å²) in [6, 6.07) is 9.21. The van der Waals surface area contributed by atoms with Crippen LogP contribution in [0.25, 0.3) is 5.65 Å². The Morgan fingerprint density at radius 1 is 1.39 bits per heavy atom. The van der Waals surface area contributed by atoms with E-state index in [1.165, 1.54) is 0 Å². The molecule has 0 aliphatic heterocycles. The molecular weight excluding hydrogens is 314 g/mol. The number of benzene rings is 1. The third kappa shape index (κ3) is 3.29. The number of amides is 1. The minimum atomic E-state index is -0.159. The smallest absolute Gasteiger partial charge is 0.230 e. The van der Waals surface area contributed by atoms with Gasteiger partial charge in [-0.3, -0.25) is 4.79 Å². The van der Waals surface area contributed by atoms with E-state index in [1.54, 1.807) is 19.2 Å². The quantitative estimate of drug-likeness (QED) is 0.797. The monoisotopic (exact) mass is 329 g/mol. The SMILES string of the molecule is COc1cc(Cl)c(C)cc1NC(=O)Cc1cn2ccccc2n1. The number of halogens is 1. The highest BCUT2D eigenvalue weighted by Crippen LogP contribution is 2.31. The van der Waals surface area contributed by atoms with Gasteiger partial charge in [0.05, 0.1) is 24.9 Å². The van der Waals surface area contributed by atoms with Gasteiger partial charge in [0, 0.05) is 23.5 Å². The molecule has 1 amide bonds. The Bertz CT molecular complexity index is 840. The maximum atomic E-state index is 12.3. The van der Waals surface area contributed by atoms with Gasteiger partial charge in [0.15, 0.2) is 0 Å². The molecule has 6 heteroatoms. The maximum absolute atomic E-state index is 12.3. The molecule has 0 unspecified atom stereocenters. The molecule has 1 N–H and O–H groups in total. The molecule has 5 nitrogen and oxygen atoms in total. The summed E-state index contributed by atoms with van der Waals surface area (Å²) in [5, 5.41) is 3.45. The highest BCUT2D eigenvalue weighted by Gasteiger charge is 2.12. The minimum absolute atomic E-state index is 0.159. The Kier molecular flexibility index (Phi) is 4.21. The van der Waals surface area contributed by atoms with Crippen LogP contribution in [0.2, 0.25) is 5.02 Å². The van der Waals surface area contributed by atoms with Gasteiger partial charge < -0.3 is 14.5 Å². The standard InChI is InChI=1S/C17H16ClN3O2/c1-11-7-14(15(23-2)9-13(11)18)20-17(22)8-12-10-21-6-4-3-5-16(21)19-12/h3-7,9-10H,8H2,1-2H3,(H,20,22). The maximum Gasteiger partial charge on any atom is 0.230 e. The molecule has 0 saturated carbocycles. The topological polar surface area (TPSA) is 55.6 Å². The number of anilines is 1. The van der Waals surface area contributed by atoms with Crippen molar-refractivity contribution in [3.63, 3.8) is 0 Å². The van der Waals surface area contributed by atoms with Gasteiger partial charge in [-0.1, -0.05) is 17.7 Å². The zero-order chi connectivity index (χ0) is 16.4. The van der Waals surface area contributed by atoms with Crippen LogP contribution in [0.5, 0.6) is 5.75 Å². The molecule has 2 heterocycles. The number of ether oxygens (including phenoxy) is 1. The number of pyridine rings is 1. The van der Waals surface area contributed by atoms with Gasteiger partial charge in [-0.2, -0.15) is 0 Å². The highest BCUT2D eigenvalue weighted by molar-refractivity contribution is 6.31. The predicted octanol–water partition coefficient (Wildman–Crippen LogP) is 3.49. The second-order valence-corrected chi connectivity index (χ2v) is 5.63. The zero-order valence-corrected chi connectivity index (χ0v) is 13.6. The second kappa shape index (κ2) is 6.30. The summed E-state index contributed by atoms with van der Waals surface area (Å²) < 4.78 is 7.15. The van der Waals surface area contributed by atoms with Gasteiger partial charge in [0.1, 0.15) is 11.4 Å². The Balaban J connectivity index is 1.78. The number of imidazole rings is 1. The molecule has 0 spiro atoms. The number of hydrogen-bond acceptors (Lipinski definition) is 3. The van der Waals surface area contributed by atoms with E-state index in [0.717, 1.165) is 11.2 Å². The molecule has 0 atom stereocenters. The van der Waals surface area contributed by atoms with E-state index in [1.807, 2.05) is 41.9 Å². The van der Waals surface area contributed by atoms with Gasteiger partial charge in [-0.05, 0) is 30.7 Å². The first kappa shape index (κ1) is 15.4. The van der Waals surface area contributed by atoms with Crippen LogP contribution in [0.15, 0.2) is 42.7 Å². The average Bonchev–Trinajstić information content (AvgIpc) is 2.92. The lowest BCUT2D eigenvalue weighted by Gasteiger charge is -2.11. The van der Waals surface area contributed by atoms with Crippen LogP contribution in [-0.4, -0.2) is 22.4 Å². The Labute approximate surface area is 138 Å². The predicted molar refractivity (Wildman–Crippen MR) is 90.3 cm³/mol. The van der Waals surface area contributed by atoms with Crippen LogP contribution >= 0.6 is 11.6 Å². The summed E-state index contributed by atoms with van der Waals surface area (Å²) in [5.74, 6) is 0.373. The van der Waals surface area contributed by atoms with Gasteiger partial charge in [0.25, 0.3) is 0 Å². The largest absolute Gasteiger partial charge is 0.495 e. The van der Waals surface area contributed by atoms with Gasteiger partial charge in [-0.25, -0.2) is 4.98 Å². The molecule has 23 heavy (non-hydrogen) atoms. The zero-order valence-electron chi connectivity index (χ0n) is 12.8. The number of carbonyl (C=O) groups excluding carboxylic acids is 1. The van der Waals surface area contributed by atoms with Crippen LogP contribution in [0.3, 0.4) is 0 Å². The fourth-order valence-electron chi connectivity index (χ4n) is 2.36. The molecule has 0 saturated heterocycles. The molecule has 3 aromatic rings. The van der Waals surface area contributed by atoms with Crippen molar-refractivity contribution in [1.82, 2.24) is 9.38 Å². The molecule has 0 aliphatic carbocycles. The second-order valence-electron chi connectivity index (χ2n) is 5.22. The van der Waals surface area contributed by atoms with Crippen molar-refractivity contribution < 1.29 is 9.53 Å². The average molecular weight is 330 g/mol. The Morgan fingerprint density at radius 2 is 2.22 bits per heavy atom. The van der Waals surface area contributed by atoms with Crippen molar-refractivity contribution in [2.75, 3.05) is 12.4 Å². The minimum Gasteiger partial charge on any atom is -0.495 e. The first-order valence-electron chi connectivity index (χ1n) is 7.13. The number of aryl methyl sites for hydroxylation is 1. The summed E-state index contributed by atoms with van der Waals surface area (Å²) in [6.45, 7) is 1.87. The third-order valence-corrected chi connectivity index (χ3v) is 3.92. The van der Waals surface area contributed by atoms with Crippen molar-refractivity contribution in [2.45, 2.75) is 13.3 Å². The number of hydrogen-bond donors (Lipinski definition) is 1. The molecular formula is C17H16ClN3O2. The van der Waals surface area contributed by atoms with Crippen molar-refractivity contribution >= 4 is 28.8 Å². The number of rotatable bonds is 4. The highest BCUT2D eigenvalue weighted by atomic mass is 35.5. The van der Waals surface area contributed by atoms with E-state index in [-0.39, 0.29) is 12.3 Å².